The average Bonchev–Trinajstić information content (AvgIpc) is 2.31. The molecule has 0 aromatic rings. The molecular weight excluding hydrogens is 206 g/mol. The van der Waals surface area contributed by atoms with Crippen molar-refractivity contribution in [1.29, 1.82) is 0 Å². The number of nitrogens with one attached hydrogen (secondary N) is 1. The molecule has 0 aromatic heterocycles. The molecule has 16 heavy (non-hydrogen) atoms. The zero-order valence-corrected chi connectivity index (χ0v) is 9.95. The van der Waals surface area contributed by atoms with Gasteiger partial charge in [-0.05, 0) is 13.3 Å². The summed E-state index contributed by atoms with van der Waals surface area (Å²) in [5.74, 6) is 0. The predicted octanol–water partition coefficient (Wildman–Crippen LogP) is 0.122. The second-order valence-electron chi connectivity index (χ2n) is 4.56. The molecule has 1 unspecified atom stereocenters. The fourth-order valence-corrected chi connectivity index (χ4v) is 2.33. The first-order chi connectivity index (χ1) is 7.77. The second-order valence-corrected chi connectivity index (χ2v) is 4.56. The summed E-state index contributed by atoms with van der Waals surface area (Å²) < 4.78 is 5.06. The van der Waals surface area contributed by atoms with Crippen LogP contribution in [-0.2, 0) is 4.74 Å². The third-order valence-electron chi connectivity index (χ3n) is 3.27. The first kappa shape index (κ1) is 11.7. The molecule has 2 aliphatic rings. The minimum absolute atomic E-state index is 0.145. The summed E-state index contributed by atoms with van der Waals surface area (Å²) in [6.07, 6.45) is 0.811. The number of carbonyl (C=O) groups is 1. The van der Waals surface area contributed by atoms with Crippen molar-refractivity contribution >= 4 is 6.09 Å². The van der Waals surface area contributed by atoms with Crippen LogP contribution in [0.1, 0.15) is 13.3 Å². The van der Waals surface area contributed by atoms with Crippen molar-refractivity contribution in [3.63, 3.8) is 0 Å². The zero-order chi connectivity index (χ0) is 11.4. The van der Waals surface area contributed by atoms with Crippen LogP contribution < -0.4 is 5.32 Å². The van der Waals surface area contributed by atoms with E-state index >= 15 is 0 Å². The van der Waals surface area contributed by atoms with Gasteiger partial charge in [-0.15, -0.1) is 0 Å². The Kier molecular flexibility index (Phi) is 4.01. The number of piperazine rings is 1. The molecule has 92 valence electrons. The molecule has 0 radical (unpaired) electrons. The van der Waals surface area contributed by atoms with Crippen molar-refractivity contribution in [3.8, 4) is 0 Å². The number of amides is 1. The Hall–Kier alpha value is -0.810. The van der Waals surface area contributed by atoms with Gasteiger partial charge in [-0.1, -0.05) is 0 Å². The number of hydrogen-bond donors (Lipinski definition) is 1. The third-order valence-corrected chi connectivity index (χ3v) is 3.27. The van der Waals surface area contributed by atoms with Gasteiger partial charge >= 0.3 is 6.09 Å². The summed E-state index contributed by atoms with van der Waals surface area (Å²) in [7, 11) is 0. The van der Waals surface area contributed by atoms with Gasteiger partial charge < -0.3 is 15.0 Å². The molecule has 2 saturated heterocycles. The number of rotatable bonds is 3. The summed E-state index contributed by atoms with van der Waals surface area (Å²) in [5.41, 5.74) is 0. The number of cyclic esters (lactones) is 1. The summed E-state index contributed by atoms with van der Waals surface area (Å²) in [5, 5.41) is 3.33. The molecule has 1 amide bonds. The predicted molar refractivity (Wildman–Crippen MR) is 61.4 cm³/mol. The van der Waals surface area contributed by atoms with Gasteiger partial charge in [0.25, 0.3) is 0 Å². The molecule has 2 aliphatic heterocycles. The highest BCUT2D eigenvalue weighted by atomic mass is 16.6. The SMILES string of the molecule is CC(CN1CCNCC1)N1CCCOC1=O. The maximum absolute atomic E-state index is 11.6. The molecule has 1 N–H and O–H groups in total. The molecule has 1 atom stereocenters. The van der Waals surface area contributed by atoms with Crippen LogP contribution in [-0.4, -0.2) is 67.8 Å². The van der Waals surface area contributed by atoms with E-state index in [0.29, 0.717) is 6.61 Å². The Labute approximate surface area is 96.7 Å². The second kappa shape index (κ2) is 5.50. The van der Waals surface area contributed by atoms with E-state index in [1.807, 2.05) is 4.90 Å². The van der Waals surface area contributed by atoms with E-state index in [1.54, 1.807) is 0 Å². The Bertz CT molecular complexity index is 241. The van der Waals surface area contributed by atoms with E-state index in [2.05, 4.69) is 17.1 Å². The Morgan fingerprint density at radius 3 is 2.81 bits per heavy atom. The molecule has 0 spiro atoms. The van der Waals surface area contributed by atoms with E-state index in [9.17, 15) is 4.79 Å². The van der Waals surface area contributed by atoms with E-state index in [4.69, 9.17) is 4.74 Å². The van der Waals surface area contributed by atoms with Gasteiger partial charge in [-0.25, -0.2) is 4.79 Å². The van der Waals surface area contributed by atoms with Crippen molar-refractivity contribution in [1.82, 2.24) is 15.1 Å². The van der Waals surface area contributed by atoms with Crippen molar-refractivity contribution in [2.24, 2.45) is 0 Å². The Morgan fingerprint density at radius 2 is 2.12 bits per heavy atom. The standard InChI is InChI=1S/C11H21N3O2/c1-10(9-13-6-3-12-4-7-13)14-5-2-8-16-11(14)15/h10,12H,2-9H2,1H3. The van der Waals surface area contributed by atoms with Crippen LogP contribution in [0, 0.1) is 0 Å². The minimum Gasteiger partial charge on any atom is -0.449 e. The smallest absolute Gasteiger partial charge is 0.410 e. The monoisotopic (exact) mass is 227 g/mol. The normalized spacial score (nSPS) is 25.3. The van der Waals surface area contributed by atoms with Gasteiger partial charge in [-0.2, -0.15) is 0 Å². The quantitative estimate of drug-likeness (QED) is 0.744. The number of nitrogens with zero attached hydrogens (tertiary/aromatic N) is 2. The molecule has 2 fully saturated rings. The van der Waals surface area contributed by atoms with Crippen LogP contribution in [0.15, 0.2) is 0 Å². The lowest BCUT2D eigenvalue weighted by Gasteiger charge is -2.36. The molecule has 5 nitrogen and oxygen atoms in total. The third kappa shape index (κ3) is 2.86. The van der Waals surface area contributed by atoms with E-state index in [1.165, 1.54) is 0 Å². The topological polar surface area (TPSA) is 44.8 Å². The van der Waals surface area contributed by atoms with E-state index in [-0.39, 0.29) is 12.1 Å². The molecule has 0 saturated carbocycles. The van der Waals surface area contributed by atoms with Gasteiger partial charge in [0.1, 0.15) is 0 Å². The van der Waals surface area contributed by atoms with Crippen molar-refractivity contribution in [3.05, 3.63) is 0 Å². The van der Waals surface area contributed by atoms with Crippen LogP contribution in [0.5, 0.6) is 0 Å². The van der Waals surface area contributed by atoms with Crippen molar-refractivity contribution < 1.29 is 9.53 Å². The number of hydrogen-bond acceptors (Lipinski definition) is 4. The number of carbonyl (C=O) groups excluding carboxylic acids is 1. The Morgan fingerprint density at radius 1 is 1.38 bits per heavy atom. The maximum atomic E-state index is 11.6. The molecule has 0 aliphatic carbocycles. The summed E-state index contributed by atoms with van der Waals surface area (Å²) in [6.45, 7) is 8.74. The molecule has 2 rings (SSSR count). The molecular formula is C11H21N3O2. The van der Waals surface area contributed by atoms with Gasteiger partial charge in [0.2, 0.25) is 0 Å². The lowest BCUT2D eigenvalue weighted by molar-refractivity contribution is 0.0487. The summed E-state index contributed by atoms with van der Waals surface area (Å²) >= 11 is 0. The molecule has 2 heterocycles. The van der Waals surface area contributed by atoms with Crippen LogP contribution in [0.2, 0.25) is 0 Å². The zero-order valence-electron chi connectivity index (χ0n) is 9.95. The van der Waals surface area contributed by atoms with Crippen LogP contribution in [0.25, 0.3) is 0 Å². The van der Waals surface area contributed by atoms with Crippen molar-refractivity contribution in [2.45, 2.75) is 19.4 Å². The first-order valence-electron chi connectivity index (χ1n) is 6.14. The highest BCUT2D eigenvalue weighted by molar-refractivity contribution is 5.68. The Balaban J connectivity index is 1.81. The van der Waals surface area contributed by atoms with Gasteiger partial charge in [0, 0.05) is 45.3 Å². The number of ether oxygens (including phenoxy) is 1. The van der Waals surface area contributed by atoms with Crippen molar-refractivity contribution in [2.75, 3.05) is 45.9 Å². The van der Waals surface area contributed by atoms with Crippen LogP contribution in [0.4, 0.5) is 4.79 Å². The molecule has 0 bridgehead atoms. The van der Waals surface area contributed by atoms with E-state index < -0.39 is 0 Å². The largest absolute Gasteiger partial charge is 0.449 e. The lowest BCUT2D eigenvalue weighted by atomic mass is 10.2. The first-order valence-corrected chi connectivity index (χ1v) is 6.14. The fraction of sp³-hybridized carbons (Fsp3) is 0.909. The molecule has 0 aromatic carbocycles. The van der Waals surface area contributed by atoms with E-state index in [0.717, 1.165) is 45.7 Å². The van der Waals surface area contributed by atoms with Gasteiger partial charge in [-0.3, -0.25) is 4.90 Å². The summed E-state index contributed by atoms with van der Waals surface area (Å²) in [4.78, 5) is 15.8. The summed E-state index contributed by atoms with van der Waals surface area (Å²) in [6, 6.07) is 0.255. The van der Waals surface area contributed by atoms with Gasteiger partial charge in [0.05, 0.1) is 6.61 Å². The van der Waals surface area contributed by atoms with Crippen LogP contribution >= 0.6 is 0 Å². The maximum Gasteiger partial charge on any atom is 0.410 e. The van der Waals surface area contributed by atoms with Crippen LogP contribution in [0.3, 0.4) is 0 Å². The highest BCUT2D eigenvalue weighted by Crippen LogP contribution is 2.10. The highest BCUT2D eigenvalue weighted by Gasteiger charge is 2.26. The lowest BCUT2D eigenvalue weighted by Crippen LogP contribution is -2.52. The average molecular weight is 227 g/mol. The minimum atomic E-state index is -0.145. The molecule has 5 heteroatoms. The fourth-order valence-electron chi connectivity index (χ4n) is 2.33. The van der Waals surface area contributed by atoms with Gasteiger partial charge in [0.15, 0.2) is 0 Å².